The van der Waals surface area contributed by atoms with E-state index in [4.69, 9.17) is 14.2 Å². The molecule has 1 aliphatic heterocycles. The minimum Gasteiger partial charge on any atom is -0.497 e. The number of amides is 2. The number of methoxy groups -OCH3 is 2. The Kier molecular flexibility index (Phi) is 8.44. The first-order valence-electron chi connectivity index (χ1n) is 13.5. The fraction of sp³-hybridized carbons (Fsp3) is 0.714. The van der Waals surface area contributed by atoms with E-state index >= 15 is 0 Å². The van der Waals surface area contributed by atoms with Crippen LogP contribution in [0.3, 0.4) is 0 Å². The molecule has 10 heteroatoms. The molecule has 1 heterocycles. The number of nitrogens with one attached hydrogen (secondary N) is 1. The summed E-state index contributed by atoms with van der Waals surface area (Å²) in [6.45, 7) is 4.72. The van der Waals surface area contributed by atoms with Crippen molar-refractivity contribution >= 4 is 17.7 Å². The van der Waals surface area contributed by atoms with E-state index in [-0.39, 0.29) is 30.8 Å². The number of fused-ring (bicyclic) bond motifs is 1. The smallest absolute Gasteiger partial charge is 0.411 e. The van der Waals surface area contributed by atoms with Gasteiger partial charge in [0.2, 0.25) is 5.91 Å². The maximum atomic E-state index is 13.1. The normalized spacial score (nSPS) is 34.8. The van der Waals surface area contributed by atoms with E-state index in [0.29, 0.717) is 62.4 Å². The van der Waals surface area contributed by atoms with E-state index in [1.54, 1.807) is 23.1 Å². The van der Waals surface area contributed by atoms with Gasteiger partial charge in [-0.25, -0.2) is 4.79 Å². The van der Waals surface area contributed by atoms with Crippen molar-refractivity contribution in [1.29, 1.82) is 0 Å². The summed E-state index contributed by atoms with van der Waals surface area (Å²) in [4.78, 5) is 27.7. The largest absolute Gasteiger partial charge is 0.497 e. The Balaban J connectivity index is 1.49. The molecule has 2 aliphatic carbocycles. The van der Waals surface area contributed by atoms with Crippen LogP contribution in [-0.2, 0) is 9.53 Å². The Bertz CT molecular complexity index is 998. The molecule has 212 valence electrons. The van der Waals surface area contributed by atoms with E-state index in [2.05, 4.69) is 12.2 Å². The van der Waals surface area contributed by atoms with Crippen molar-refractivity contribution in [2.45, 2.75) is 70.7 Å². The quantitative estimate of drug-likeness (QED) is 0.419. The van der Waals surface area contributed by atoms with Crippen LogP contribution in [0.4, 0.5) is 10.5 Å². The predicted octanol–water partition coefficient (Wildman–Crippen LogP) is 2.79. The summed E-state index contributed by atoms with van der Waals surface area (Å²) in [5, 5.41) is 34.3. The molecule has 4 rings (SSSR count). The van der Waals surface area contributed by atoms with Crippen LogP contribution >= 0.6 is 0 Å². The van der Waals surface area contributed by atoms with E-state index in [0.717, 1.165) is 0 Å². The lowest BCUT2D eigenvalue weighted by Gasteiger charge is -2.60. The number of likely N-dealkylation sites (tertiary alicyclic amines) is 1. The fourth-order valence-corrected chi connectivity index (χ4v) is 7.22. The zero-order chi connectivity index (χ0) is 27.7. The van der Waals surface area contributed by atoms with Gasteiger partial charge in [-0.05, 0) is 49.4 Å². The van der Waals surface area contributed by atoms with Crippen LogP contribution in [0, 0.1) is 22.7 Å². The van der Waals surface area contributed by atoms with Crippen LogP contribution in [0.25, 0.3) is 0 Å². The Hall–Kier alpha value is -2.56. The molecular formula is C28H42N2O8. The van der Waals surface area contributed by atoms with E-state index in [1.807, 2.05) is 6.92 Å². The lowest BCUT2D eigenvalue weighted by molar-refractivity contribution is -0.186. The second-order valence-electron chi connectivity index (χ2n) is 11.6. The molecule has 4 N–H and O–H groups in total. The van der Waals surface area contributed by atoms with Crippen molar-refractivity contribution in [2.75, 3.05) is 39.2 Å². The summed E-state index contributed by atoms with van der Waals surface area (Å²) in [7, 11) is 3.05. The van der Waals surface area contributed by atoms with Crippen LogP contribution in [-0.4, -0.2) is 84.4 Å². The molecule has 2 amide bonds. The highest BCUT2D eigenvalue weighted by Gasteiger charge is 2.60. The van der Waals surface area contributed by atoms with E-state index in [1.165, 1.54) is 14.2 Å². The third-order valence-electron chi connectivity index (χ3n) is 9.43. The van der Waals surface area contributed by atoms with E-state index < -0.39 is 35.2 Å². The maximum Gasteiger partial charge on any atom is 0.411 e. The third kappa shape index (κ3) is 5.44. The molecule has 0 unspecified atom stereocenters. The van der Waals surface area contributed by atoms with E-state index in [9.17, 15) is 24.9 Å². The number of carbonyl (C=O) groups is 2. The molecule has 1 aromatic rings. The number of anilines is 1. The van der Waals surface area contributed by atoms with Crippen molar-refractivity contribution in [3.8, 4) is 11.5 Å². The average Bonchev–Trinajstić information content (AvgIpc) is 3.34. The van der Waals surface area contributed by atoms with Gasteiger partial charge in [-0.15, -0.1) is 0 Å². The van der Waals surface area contributed by atoms with Crippen molar-refractivity contribution < 1.29 is 39.1 Å². The number of ether oxygens (including phenoxy) is 3. The van der Waals surface area contributed by atoms with Gasteiger partial charge >= 0.3 is 6.09 Å². The number of aliphatic hydroxyl groups is 3. The summed E-state index contributed by atoms with van der Waals surface area (Å²) < 4.78 is 16.5. The van der Waals surface area contributed by atoms with Crippen LogP contribution in [0.15, 0.2) is 18.2 Å². The molecule has 2 saturated carbocycles. The molecule has 0 aromatic heterocycles. The summed E-state index contributed by atoms with van der Waals surface area (Å²) in [6.07, 6.45) is 0.802. The number of carbonyl (C=O) groups excluding carboxylic acids is 2. The van der Waals surface area contributed by atoms with Crippen LogP contribution in [0.2, 0.25) is 0 Å². The zero-order valence-corrected chi connectivity index (χ0v) is 22.8. The number of benzene rings is 1. The van der Waals surface area contributed by atoms with Gasteiger partial charge in [0.15, 0.2) is 0 Å². The van der Waals surface area contributed by atoms with Gasteiger partial charge in [0.1, 0.15) is 17.6 Å². The minimum absolute atomic E-state index is 0.0513. The first kappa shape index (κ1) is 28.4. The van der Waals surface area contributed by atoms with Crippen LogP contribution < -0.4 is 14.8 Å². The molecule has 10 nitrogen and oxygen atoms in total. The second-order valence-corrected chi connectivity index (χ2v) is 11.6. The van der Waals surface area contributed by atoms with Gasteiger partial charge < -0.3 is 34.4 Å². The maximum absolute atomic E-state index is 13.1. The predicted molar refractivity (Wildman–Crippen MR) is 140 cm³/mol. The highest BCUT2D eigenvalue weighted by atomic mass is 16.6. The van der Waals surface area contributed by atoms with Crippen LogP contribution in [0.1, 0.15) is 52.4 Å². The Labute approximate surface area is 224 Å². The number of β-amino-alcohol motifs (C(OH)–C–C–N with tert-alkyl or cyclic N) is 1. The molecule has 3 aliphatic rings. The molecule has 3 fully saturated rings. The number of rotatable bonds is 7. The average molecular weight is 535 g/mol. The van der Waals surface area contributed by atoms with Crippen LogP contribution in [0.5, 0.6) is 11.5 Å². The second kappa shape index (κ2) is 11.3. The minimum atomic E-state index is -0.748. The van der Waals surface area contributed by atoms with Crippen molar-refractivity contribution in [2.24, 2.45) is 22.7 Å². The summed E-state index contributed by atoms with van der Waals surface area (Å²) in [6, 6.07) is 5.03. The zero-order valence-electron chi connectivity index (χ0n) is 22.8. The summed E-state index contributed by atoms with van der Waals surface area (Å²) >= 11 is 0. The Morgan fingerprint density at radius 3 is 2.32 bits per heavy atom. The standard InChI is InChI=1S/C28H42N2O8/c1-27-9-7-24(38-26(35)29-17-11-19(36-3)13-20(12-17)37-4)28(2,16-31)23(27)6-5-22(33)21(27)14-25(34)30-10-8-18(32)15-30/h11-13,18,21-24,31-33H,5-10,14-16H2,1-4H3,(H,29,35)/t18-,21-,22-,23-,24-,27+,28+/m1/s1. The van der Waals surface area contributed by atoms with Gasteiger partial charge in [0.05, 0.1) is 38.7 Å². The Morgan fingerprint density at radius 1 is 1.05 bits per heavy atom. The molecule has 1 aromatic carbocycles. The molecule has 7 atom stereocenters. The number of hydrogen-bond acceptors (Lipinski definition) is 8. The monoisotopic (exact) mass is 534 g/mol. The highest BCUT2D eigenvalue weighted by molar-refractivity contribution is 5.85. The summed E-state index contributed by atoms with van der Waals surface area (Å²) in [5.74, 6) is 0.658. The topological polar surface area (TPSA) is 138 Å². The van der Waals surface area contributed by atoms with Gasteiger partial charge in [0.25, 0.3) is 0 Å². The number of aliphatic hydroxyl groups excluding tert-OH is 3. The lowest BCUT2D eigenvalue weighted by Crippen LogP contribution is -2.61. The van der Waals surface area contributed by atoms with Gasteiger partial charge in [-0.3, -0.25) is 10.1 Å². The molecule has 0 bridgehead atoms. The summed E-state index contributed by atoms with van der Waals surface area (Å²) in [5.41, 5.74) is -0.703. The lowest BCUT2D eigenvalue weighted by atomic mass is 9.46. The van der Waals surface area contributed by atoms with Crippen molar-refractivity contribution in [3.05, 3.63) is 18.2 Å². The van der Waals surface area contributed by atoms with Gasteiger partial charge in [-0.2, -0.15) is 0 Å². The fourth-order valence-electron chi connectivity index (χ4n) is 7.22. The first-order chi connectivity index (χ1) is 18.0. The molecule has 1 saturated heterocycles. The molecule has 0 spiro atoms. The molecule has 0 radical (unpaired) electrons. The SMILES string of the molecule is COc1cc(NC(=O)O[C@@H]2CC[C@]3(C)[C@@H](CC[C@@H](O)[C@H]3CC(=O)N3CC[C@@H](O)C3)[C@]2(C)CO)cc(OC)c1. The Morgan fingerprint density at radius 2 is 1.74 bits per heavy atom. The van der Waals surface area contributed by atoms with Crippen molar-refractivity contribution in [1.82, 2.24) is 4.90 Å². The number of hydrogen-bond donors (Lipinski definition) is 4. The first-order valence-corrected chi connectivity index (χ1v) is 13.5. The third-order valence-corrected chi connectivity index (χ3v) is 9.43. The van der Waals surface area contributed by atoms with Gasteiger partial charge in [-0.1, -0.05) is 13.8 Å². The van der Waals surface area contributed by atoms with Gasteiger partial charge in [0, 0.05) is 43.1 Å². The van der Waals surface area contributed by atoms with Crippen molar-refractivity contribution in [3.63, 3.8) is 0 Å². The highest BCUT2D eigenvalue weighted by Crippen LogP contribution is 2.61. The number of nitrogens with zero attached hydrogens (tertiary/aromatic N) is 1. The molecular weight excluding hydrogens is 492 g/mol. The molecule has 38 heavy (non-hydrogen) atoms.